The van der Waals surface area contributed by atoms with Crippen LogP contribution in [0.3, 0.4) is 0 Å². The number of piperazine rings is 1. The SMILES string of the molecule is Nc1ncnc2cc(CN3CCN(CC=Cc4ccc(Cl)s4)CC3=O)ccc12. The topological polar surface area (TPSA) is 75.3 Å². The monoisotopic (exact) mass is 413 g/mol. The number of benzene rings is 1. The number of thiophene rings is 1. The van der Waals surface area contributed by atoms with Crippen molar-refractivity contribution in [2.75, 3.05) is 31.9 Å². The zero-order valence-corrected chi connectivity index (χ0v) is 16.8. The Hall–Kier alpha value is -2.48. The van der Waals surface area contributed by atoms with E-state index >= 15 is 0 Å². The summed E-state index contributed by atoms with van der Waals surface area (Å²) >= 11 is 7.49. The number of hydrogen-bond donors (Lipinski definition) is 1. The third kappa shape index (κ3) is 4.32. The van der Waals surface area contributed by atoms with Gasteiger partial charge in [0.2, 0.25) is 5.91 Å². The number of carbonyl (C=O) groups is 1. The highest BCUT2D eigenvalue weighted by atomic mass is 35.5. The van der Waals surface area contributed by atoms with Crippen molar-refractivity contribution in [3.05, 3.63) is 57.5 Å². The number of nitrogens with two attached hydrogens (primary N) is 1. The first-order valence-electron chi connectivity index (χ1n) is 8.99. The molecular formula is C20H20ClN5OS. The van der Waals surface area contributed by atoms with Gasteiger partial charge in [0.25, 0.3) is 0 Å². The molecule has 1 fully saturated rings. The minimum atomic E-state index is 0.140. The summed E-state index contributed by atoms with van der Waals surface area (Å²) < 4.78 is 0.784. The van der Waals surface area contributed by atoms with Gasteiger partial charge in [-0.05, 0) is 35.9 Å². The molecular weight excluding hydrogens is 394 g/mol. The molecule has 0 unspecified atom stereocenters. The van der Waals surface area contributed by atoms with Crippen LogP contribution in [0, 0.1) is 0 Å². The summed E-state index contributed by atoms with van der Waals surface area (Å²) in [5.74, 6) is 0.611. The second-order valence-electron chi connectivity index (χ2n) is 6.71. The van der Waals surface area contributed by atoms with Gasteiger partial charge < -0.3 is 10.6 Å². The number of nitrogen functional groups attached to an aromatic ring is 1. The lowest BCUT2D eigenvalue weighted by atomic mass is 10.1. The molecule has 2 N–H and O–H groups in total. The van der Waals surface area contributed by atoms with Crippen LogP contribution in [-0.4, -0.2) is 51.9 Å². The van der Waals surface area contributed by atoms with Crippen LogP contribution in [0.15, 0.2) is 42.7 Å². The van der Waals surface area contributed by atoms with Gasteiger partial charge in [0, 0.05) is 36.4 Å². The Morgan fingerprint density at radius 3 is 2.89 bits per heavy atom. The predicted octanol–water partition coefficient (Wildman–Crippen LogP) is 3.28. The Morgan fingerprint density at radius 1 is 1.21 bits per heavy atom. The van der Waals surface area contributed by atoms with Gasteiger partial charge in [-0.15, -0.1) is 11.3 Å². The molecule has 144 valence electrons. The maximum Gasteiger partial charge on any atom is 0.237 e. The predicted molar refractivity (Wildman–Crippen MR) is 114 cm³/mol. The molecule has 3 aromatic rings. The van der Waals surface area contributed by atoms with Crippen LogP contribution >= 0.6 is 22.9 Å². The second-order valence-corrected chi connectivity index (χ2v) is 8.45. The van der Waals surface area contributed by atoms with E-state index in [1.807, 2.05) is 35.2 Å². The van der Waals surface area contributed by atoms with Crippen molar-refractivity contribution < 1.29 is 4.79 Å². The van der Waals surface area contributed by atoms with Crippen LogP contribution in [0.5, 0.6) is 0 Å². The minimum Gasteiger partial charge on any atom is -0.383 e. The molecule has 0 aliphatic carbocycles. The zero-order chi connectivity index (χ0) is 19.5. The van der Waals surface area contributed by atoms with E-state index in [0.717, 1.165) is 38.8 Å². The standard InChI is InChI=1S/C20H20ClN5OS/c21-18-6-4-15(28-18)2-1-7-25-8-9-26(19(27)12-25)11-14-3-5-16-17(10-14)23-13-24-20(16)22/h1-6,10,13H,7-9,11-12H2,(H2,22,23,24). The minimum absolute atomic E-state index is 0.140. The van der Waals surface area contributed by atoms with E-state index in [0.29, 0.717) is 25.5 Å². The zero-order valence-electron chi connectivity index (χ0n) is 15.2. The summed E-state index contributed by atoms with van der Waals surface area (Å²) in [7, 11) is 0. The third-order valence-electron chi connectivity index (χ3n) is 4.74. The first-order chi connectivity index (χ1) is 13.6. The number of aromatic nitrogens is 2. The van der Waals surface area contributed by atoms with Gasteiger partial charge >= 0.3 is 0 Å². The Morgan fingerprint density at radius 2 is 2.11 bits per heavy atom. The van der Waals surface area contributed by atoms with E-state index in [1.165, 1.54) is 6.33 Å². The van der Waals surface area contributed by atoms with Gasteiger partial charge in [0.15, 0.2) is 0 Å². The van der Waals surface area contributed by atoms with Crippen LogP contribution in [-0.2, 0) is 11.3 Å². The number of fused-ring (bicyclic) bond motifs is 1. The number of rotatable bonds is 5. The van der Waals surface area contributed by atoms with Gasteiger partial charge in [-0.25, -0.2) is 9.97 Å². The first kappa shape index (κ1) is 18.9. The van der Waals surface area contributed by atoms with E-state index in [2.05, 4.69) is 27.0 Å². The smallest absolute Gasteiger partial charge is 0.237 e. The normalized spacial score (nSPS) is 15.8. The van der Waals surface area contributed by atoms with Gasteiger partial charge in [-0.3, -0.25) is 9.69 Å². The molecule has 1 amide bonds. The summed E-state index contributed by atoms with van der Waals surface area (Å²) in [6, 6.07) is 9.76. The molecule has 8 heteroatoms. The molecule has 0 bridgehead atoms. The molecule has 6 nitrogen and oxygen atoms in total. The highest BCUT2D eigenvalue weighted by Gasteiger charge is 2.23. The lowest BCUT2D eigenvalue weighted by Gasteiger charge is -2.33. The maximum atomic E-state index is 12.6. The summed E-state index contributed by atoms with van der Waals surface area (Å²) in [5.41, 5.74) is 7.72. The Balaban J connectivity index is 1.34. The molecule has 28 heavy (non-hydrogen) atoms. The summed E-state index contributed by atoms with van der Waals surface area (Å²) in [6.45, 7) is 3.32. The average Bonchev–Trinajstić information content (AvgIpc) is 3.09. The molecule has 0 spiro atoms. The van der Waals surface area contributed by atoms with Crippen LogP contribution in [0.25, 0.3) is 17.0 Å². The van der Waals surface area contributed by atoms with Crippen molar-refractivity contribution in [1.82, 2.24) is 19.8 Å². The summed E-state index contributed by atoms with van der Waals surface area (Å²) in [4.78, 5) is 26.0. The second kappa shape index (κ2) is 8.26. The van der Waals surface area contributed by atoms with Gasteiger partial charge in [-0.2, -0.15) is 0 Å². The number of anilines is 1. The number of hydrogen-bond acceptors (Lipinski definition) is 6. The molecule has 1 aliphatic rings. The van der Waals surface area contributed by atoms with Crippen molar-refractivity contribution >= 4 is 51.6 Å². The Bertz CT molecular complexity index is 1030. The highest BCUT2D eigenvalue weighted by molar-refractivity contribution is 7.16. The van der Waals surface area contributed by atoms with Crippen LogP contribution in [0.1, 0.15) is 10.4 Å². The van der Waals surface area contributed by atoms with Crippen molar-refractivity contribution in [3.63, 3.8) is 0 Å². The number of nitrogens with zero attached hydrogens (tertiary/aromatic N) is 4. The maximum absolute atomic E-state index is 12.6. The molecule has 1 aromatic carbocycles. The van der Waals surface area contributed by atoms with Crippen LogP contribution in [0.4, 0.5) is 5.82 Å². The molecule has 0 atom stereocenters. The van der Waals surface area contributed by atoms with E-state index in [1.54, 1.807) is 11.3 Å². The highest BCUT2D eigenvalue weighted by Crippen LogP contribution is 2.22. The lowest BCUT2D eigenvalue weighted by molar-refractivity contribution is -0.136. The molecule has 0 saturated carbocycles. The molecule has 0 radical (unpaired) electrons. The van der Waals surface area contributed by atoms with Crippen molar-refractivity contribution in [3.8, 4) is 0 Å². The van der Waals surface area contributed by atoms with E-state index in [4.69, 9.17) is 17.3 Å². The van der Waals surface area contributed by atoms with Gasteiger partial charge in [0.05, 0.1) is 16.4 Å². The van der Waals surface area contributed by atoms with Gasteiger partial charge in [0.1, 0.15) is 12.1 Å². The average molecular weight is 414 g/mol. The quantitative estimate of drug-likeness (QED) is 0.694. The third-order valence-corrected chi connectivity index (χ3v) is 5.94. The molecule has 2 aromatic heterocycles. The van der Waals surface area contributed by atoms with Crippen molar-refractivity contribution in [2.45, 2.75) is 6.54 Å². The van der Waals surface area contributed by atoms with E-state index in [9.17, 15) is 4.79 Å². The molecule has 1 aliphatic heterocycles. The number of halogens is 1. The number of amides is 1. The van der Waals surface area contributed by atoms with Crippen LogP contribution < -0.4 is 5.73 Å². The summed E-state index contributed by atoms with van der Waals surface area (Å²) in [5, 5.41) is 0.834. The van der Waals surface area contributed by atoms with E-state index in [-0.39, 0.29) is 5.91 Å². The van der Waals surface area contributed by atoms with E-state index < -0.39 is 0 Å². The fraction of sp³-hybridized carbons (Fsp3) is 0.250. The van der Waals surface area contributed by atoms with Crippen LogP contribution in [0.2, 0.25) is 4.34 Å². The number of carbonyl (C=O) groups excluding carboxylic acids is 1. The molecule has 3 heterocycles. The fourth-order valence-corrected chi connectivity index (χ4v) is 4.25. The first-order valence-corrected chi connectivity index (χ1v) is 10.2. The Labute approximate surface area is 172 Å². The molecule has 4 rings (SSSR count). The fourth-order valence-electron chi connectivity index (χ4n) is 3.26. The van der Waals surface area contributed by atoms with Crippen molar-refractivity contribution in [1.29, 1.82) is 0 Å². The molecule has 1 saturated heterocycles. The van der Waals surface area contributed by atoms with Crippen molar-refractivity contribution in [2.24, 2.45) is 0 Å². The van der Waals surface area contributed by atoms with Gasteiger partial charge in [-0.1, -0.05) is 23.7 Å². The summed E-state index contributed by atoms with van der Waals surface area (Å²) in [6.07, 6.45) is 5.59. The largest absolute Gasteiger partial charge is 0.383 e. The lowest BCUT2D eigenvalue weighted by Crippen LogP contribution is -2.49. The Kier molecular flexibility index (Phi) is 5.57.